The summed E-state index contributed by atoms with van der Waals surface area (Å²) in [4.78, 5) is 13.7. The van der Waals surface area contributed by atoms with Gasteiger partial charge < -0.3 is 14.4 Å². The molecule has 2 aromatic rings. The van der Waals surface area contributed by atoms with Crippen molar-refractivity contribution < 1.29 is 14.3 Å². The second-order valence-electron chi connectivity index (χ2n) is 6.91. The maximum atomic E-state index is 11.9. The molecule has 1 fully saturated rings. The molecule has 0 aliphatic carbocycles. The van der Waals surface area contributed by atoms with Crippen LogP contribution in [0.1, 0.15) is 25.3 Å². The van der Waals surface area contributed by atoms with E-state index in [1.807, 2.05) is 48.2 Å². The summed E-state index contributed by atoms with van der Waals surface area (Å²) in [6, 6.07) is 15.5. The van der Waals surface area contributed by atoms with Gasteiger partial charge in [0.05, 0.1) is 18.7 Å². The van der Waals surface area contributed by atoms with Gasteiger partial charge >= 0.3 is 0 Å². The number of benzene rings is 2. The fraction of sp³-hybridized carbons (Fsp3) is 0.304. The topological polar surface area (TPSA) is 62.6 Å². The number of para-hydroxylation sites is 1. The number of hydrogen-bond donors (Lipinski definition) is 0. The van der Waals surface area contributed by atoms with E-state index in [9.17, 15) is 10.1 Å². The third-order valence-corrected chi connectivity index (χ3v) is 5.04. The summed E-state index contributed by atoms with van der Waals surface area (Å²) < 4.78 is 11.7. The van der Waals surface area contributed by atoms with E-state index >= 15 is 0 Å². The molecule has 5 nitrogen and oxygen atoms in total. The molecular weight excluding hydrogens is 352 g/mol. The van der Waals surface area contributed by atoms with Crippen molar-refractivity contribution in [3.63, 3.8) is 0 Å². The Morgan fingerprint density at radius 2 is 2.11 bits per heavy atom. The Morgan fingerprint density at radius 1 is 1.32 bits per heavy atom. The van der Waals surface area contributed by atoms with E-state index in [0.717, 1.165) is 29.7 Å². The van der Waals surface area contributed by atoms with Gasteiger partial charge in [-0.25, -0.2) is 0 Å². The number of carbonyl (C=O) groups excluding carboxylic acids is 1. The summed E-state index contributed by atoms with van der Waals surface area (Å²) >= 11 is 0. The molecular formula is C23H24N2O3. The fourth-order valence-corrected chi connectivity index (χ4v) is 3.64. The molecule has 1 aliphatic heterocycles. The van der Waals surface area contributed by atoms with Crippen molar-refractivity contribution in [3.05, 3.63) is 60.7 Å². The Morgan fingerprint density at radius 3 is 2.79 bits per heavy atom. The molecule has 5 heteroatoms. The monoisotopic (exact) mass is 376 g/mol. The zero-order valence-electron chi connectivity index (χ0n) is 16.2. The summed E-state index contributed by atoms with van der Waals surface area (Å²) in [5, 5.41) is 9.44. The van der Waals surface area contributed by atoms with Gasteiger partial charge in [-0.05, 0) is 42.8 Å². The first-order valence-electron chi connectivity index (χ1n) is 9.34. The predicted octanol–water partition coefficient (Wildman–Crippen LogP) is 4.18. The van der Waals surface area contributed by atoms with Gasteiger partial charge in [0.2, 0.25) is 5.91 Å². The van der Waals surface area contributed by atoms with Crippen molar-refractivity contribution >= 4 is 5.91 Å². The average Bonchev–Trinajstić information content (AvgIpc) is 2.73. The van der Waals surface area contributed by atoms with Crippen LogP contribution in [0.4, 0.5) is 0 Å². The van der Waals surface area contributed by atoms with Crippen LogP contribution in [0, 0.1) is 11.3 Å². The van der Waals surface area contributed by atoms with Gasteiger partial charge in [0, 0.05) is 31.0 Å². The highest BCUT2D eigenvalue weighted by atomic mass is 16.5. The standard InChI is InChI=1S/C23H24N2O3/c1-4-23(26)25-10-9-19(11-16(25)2)28-20-13-17(15-24)12-18(14-20)21-7-5-6-8-22(21)27-3/h4-8,12-14,16,19H,1,9-11H2,2-3H3/t16-,19+/m1/s1. The van der Waals surface area contributed by atoms with Crippen molar-refractivity contribution in [3.8, 4) is 28.7 Å². The normalized spacial score (nSPS) is 18.8. The minimum Gasteiger partial charge on any atom is -0.496 e. The van der Waals surface area contributed by atoms with E-state index in [1.54, 1.807) is 13.2 Å². The first-order chi connectivity index (χ1) is 13.5. The highest BCUT2D eigenvalue weighted by Gasteiger charge is 2.28. The Hall–Kier alpha value is -3.26. The van der Waals surface area contributed by atoms with Crippen LogP contribution in [-0.2, 0) is 4.79 Å². The Kier molecular flexibility index (Phi) is 6.00. The molecule has 1 heterocycles. The molecule has 1 aliphatic rings. The molecule has 0 bridgehead atoms. The number of ether oxygens (including phenoxy) is 2. The largest absolute Gasteiger partial charge is 0.496 e. The Bertz CT molecular complexity index is 916. The first kappa shape index (κ1) is 19.5. The number of piperidine rings is 1. The summed E-state index contributed by atoms with van der Waals surface area (Å²) in [5.74, 6) is 1.35. The summed E-state index contributed by atoms with van der Waals surface area (Å²) in [7, 11) is 1.63. The maximum absolute atomic E-state index is 11.9. The van der Waals surface area contributed by atoms with Crippen molar-refractivity contribution in [1.29, 1.82) is 5.26 Å². The van der Waals surface area contributed by atoms with Gasteiger partial charge in [-0.1, -0.05) is 24.8 Å². The summed E-state index contributed by atoms with van der Waals surface area (Å²) in [6.45, 7) is 6.22. The molecule has 1 amide bonds. The van der Waals surface area contributed by atoms with Crippen molar-refractivity contribution in [2.24, 2.45) is 0 Å². The second-order valence-corrected chi connectivity index (χ2v) is 6.91. The zero-order chi connectivity index (χ0) is 20.1. The van der Waals surface area contributed by atoms with Crippen molar-refractivity contribution in [2.45, 2.75) is 31.9 Å². The maximum Gasteiger partial charge on any atom is 0.246 e. The van der Waals surface area contributed by atoms with E-state index in [-0.39, 0.29) is 18.1 Å². The number of amides is 1. The first-order valence-corrected chi connectivity index (χ1v) is 9.34. The van der Waals surface area contributed by atoms with E-state index < -0.39 is 0 Å². The highest BCUT2D eigenvalue weighted by Crippen LogP contribution is 2.34. The molecule has 0 N–H and O–H groups in total. The highest BCUT2D eigenvalue weighted by molar-refractivity contribution is 5.87. The third kappa shape index (κ3) is 4.17. The lowest BCUT2D eigenvalue weighted by atomic mass is 9.99. The van der Waals surface area contributed by atoms with E-state index in [1.165, 1.54) is 6.08 Å². The quantitative estimate of drug-likeness (QED) is 0.735. The number of methoxy groups -OCH3 is 1. The Labute approximate surface area is 165 Å². The second kappa shape index (κ2) is 8.62. The van der Waals surface area contributed by atoms with Gasteiger partial charge in [-0.2, -0.15) is 5.26 Å². The lowest BCUT2D eigenvalue weighted by molar-refractivity contribution is -0.130. The molecule has 28 heavy (non-hydrogen) atoms. The van der Waals surface area contributed by atoms with Crippen LogP contribution in [0.2, 0.25) is 0 Å². The number of carbonyl (C=O) groups is 1. The third-order valence-electron chi connectivity index (χ3n) is 5.04. The molecule has 0 unspecified atom stereocenters. The Balaban J connectivity index is 1.83. The van der Waals surface area contributed by atoms with Crippen LogP contribution in [-0.4, -0.2) is 36.6 Å². The van der Waals surface area contributed by atoms with Gasteiger partial charge in [0.15, 0.2) is 0 Å². The molecule has 0 saturated carbocycles. The number of likely N-dealkylation sites (tertiary alicyclic amines) is 1. The lowest BCUT2D eigenvalue weighted by Crippen LogP contribution is -2.46. The van der Waals surface area contributed by atoms with Gasteiger partial charge in [-0.3, -0.25) is 4.79 Å². The van der Waals surface area contributed by atoms with Crippen LogP contribution in [0.25, 0.3) is 11.1 Å². The van der Waals surface area contributed by atoms with Crippen molar-refractivity contribution in [1.82, 2.24) is 4.90 Å². The van der Waals surface area contributed by atoms with Gasteiger partial charge in [0.25, 0.3) is 0 Å². The van der Waals surface area contributed by atoms with Crippen molar-refractivity contribution in [2.75, 3.05) is 13.7 Å². The number of rotatable bonds is 5. The van der Waals surface area contributed by atoms with Crippen LogP contribution in [0.5, 0.6) is 11.5 Å². The number of hydrogen-bond acceptors (Lipinski definition) is 4. The zero-order valence-corrected chi connectivity index (χ0v) is 16.2. The minimum atomic E-state index is -0.0455. The minimum absolute atomic E-state index is 0.0108. The van der Waals surface area contributed by atoms with Gasteiger partial charge in [-0.15, -0.1) is 0 Å². The van der Waals surface area contributed by atoms with Crippen LogP contribution in [0.3, 0.4) is 0 Å². The van der Waals surface area contributed by atoms with E-state index in [0.29, 0.717) is 17.9 Å². The van der Waals surface area contributed by atoms with Gasteiger partial charge in [0.1, 0.15) is 17.6 Å². The van der Waals surface area contributed by atoms with Crippen LogP contribution in [0.15, 0.2) is 55.1 Å². The molecule has 144 valence electrons. The average molecular weight is 376 g/mol. The van der Waals surface area contributed by atoms with Crippen LogP contribution >= 0.6 is 0 Å². The van der Waals surface area contributed by atoms with E-state index in [4.69, 9.17) is 9.47 Å². The molecule has 0 radical (unpaired) electrons. The molecule has 1 saturated heterocycles. The summed E-state index contributed by atoms with van der Waals surface area (Å²) in [6.07, 6.45) is 2.82. The SMILES string of the molecule is C=CC(=O)N1CC[C@H](Oc2cc(C#N)cc(-c3ccccc3OC)c2)C[C@H]1C. The van der Waals surface area contributed by atoms with E-state index in [2.05, 4.69) is 12.6 Å². The smallest absolute Gasteiger partial charge is 0.246 e. The fourth-order valence-electron chi connectivity index (χ4n) is 3.64. The molecule has 2 atom stereocenters. The van der Waals surface area contributed by atoms with Crippen LogP contribution < -0.4 is 9.47 Å². The number of nitriles is 1. The predicted molar refractivity (Wildman–Crippen MR) is 108 cm³/mol. The number of nitrogens with zero attached hydrogens (tertiary/aromatic N) is 2. The molecule has 2 aromatic carbocycles. The molecule has 0 aromatic heterocycles. The summed E-state index contributed by atoms with van der Waals surface area (Å²) in [5.41, 5.74) is 2.32. The molecule has 3 rings (SSSR count). The lowest BCUT2D eigenvalue weighted by Gasteiger charge is -2.37. The molecule has 0 spiro atoms.